The Bertz CT molecular complexity index is 351. The highest BCUT2D eigenvalue weighted by atomic mass is 79.9. The molecule has 0 spiro atoms. The summed E-state index contributed by atoms with van der Waals surface area (Å²) in [4.78, 5) is 0. The molecule has 4 heteroatoms. The molecule has 3 nitrogen and oxygen atoms in total. The van der Waals surface area contributed by atoms with Crippen LogP contribution < -0.4 is 11.1 Å². The minimum absolute atomic E-state index is 0.320. The molecule has 0 aliphatic heterocycles. The van der Waals surface area contributed by atoms with Crippen molar-refractivity contribution < 1.29 is 5.11 Å². The van der Waals surface area contributed by atoms with E-state index in [-0.39, 0.29) is 0 Å². The van der Waals surface area contributed by atoms with E-state index in [1.54, 1.807) is 0 Å². The molecule has 1 aliphatic carbocycles. The average Bonchev–Trinajstić information content (AvgIpc) is 2.08. The Kier molecular flexibility index (Phi) is 2.64. The summed E-state index contributed by atoms with van der Waals surface area (Å²) in [6.45, 7) is 1.86. The van der Waals surface area contributed by atoms with Crippen LogP contribution in [0.4, 0.5) is 11.4 Å². The molecule has 82 valence electrons. The molecular formula is C11H15BrN2O. The Morgan fingerprint density at radius 2 is 2.20 bits per heavy atom. The van der Waals surface area contributed by atoms with Crippen LogP contribution in [0.2, 0.25) is 0 Å². The first-order valence-electron chi connectivity index (χ1n) is 5.01. The van der Waals surface area contributed by atoms with Gasteiger partial charge in [0.2, 0.25) is 0 Å². The average molecular weight is 271 g/mol. The molecular weight excluding hydrogens is 256 g/mol. The van der Waals surface area contributed by atoms with Crippen molar-refractivity contribution in [2.45, 2.75) is 31.4 Å². The number of nitrogens with two attached hydrogens (primary N) is 1. The van der Waals surface area contributed by atoms with Crippen LogP contribution in [0.15, 0.2) is 22.7 Å². The molecule has 0 radical (unpaired) electrons. The van der Waals surface area contributed by atoms with Gasteiger partial charge in [0.1, 0.15) is 0 Å². The molecule has 0 amide bonds. The number of aliphatic hydroxyl groups is 1. The number of anilines is 2. The number of hydrogen-bond donors (Lipinski definition) is 3. The molecule has 0 unspecified atom stereocenters. The molecule has 0 atom stereocenters. The van der Waals surface area contributed by atoms with E-state index in [0.717, 1.165) is 28.7 Å². The van der Waals surface area contributed by atoms with E-state index >= 15 is 0 Å². The zero-order chi connectivity index (χ0) is 11.1. The summed E-state index contributed by atoms with van der Waals surface area (Å²) in [5, 5.41) is 13.0. The van der Waals surface area contributed by atoms with Gasteiger partial charge in [0.05, 0.1) is 17.0 Å². The molecule has 0 aromatic heterocycles. The maximum Gasteiger partial charge on any atom is 0.0720 e. The molecule has 1 aromatic rings. The number of nitrogen functional groups attached to an aromatic ring is 1. The lowest BCUT2D eigenvalue weighted by Crippen LogP contribution is -2.48. The quantitative estimate of drug-likeness (QED) is 0.724. The van der Waals surface area contributed by atoms with Gasteiger partial charge in [0.15, 0.2) is 0 Å². The minimum atomic E-state index is -0.506. The van der Waals surface area contributed by atoms with Crippen molar-refractivity contribution in [1.29, 1.82) is 0 Å². The molecule has 0 bridgehead atoms. The van der Waals surface area contributed by atoms with Crippen LogP contribution in [0, 0.1) is 0 Å². The van der Waals surface area contributed by atoms with Crippen LogP contribution in [-0.2, 0) is 0 Å². The van der Waals surface area contributed by atoms with Gasteiger partial charge in [-0.2, -0.15) is 0 Å². The van der Waals surface area contributed by atoms with E-state index in [0.29, 0.717) is 6.04 Å². The van der Waals surface area contributed by atoms with E-state index in [2.05, 4.69) is 21.2 Å². The maximum atomic E-state index is 9.62. The molecule has 1 saturated carbocycles. The van der Waals surface area contributed by atoms with Gasteiger partial charge < -0.3 is 16.2 Å². The highest BCUT2D eigenvalue weighted by molar-refractivity contribution is 9.10. The Morgan fingerprint density at radius 1 is 1.53 bits per heavy atom. The van der Waals surface area contributed by atoms with Crippen LogP contribution in [0.5, 0.6) is 0 Å². The summed E-state index contributed by atoms with van der Waals surface area (Å²) in [7, 11) is 0. The second-order valence-corrected chi connectivity index (χ2v) is 5.30. The van der Waals surface area contributed by atoms with Crippen molar-refractivity contribution in [3.63, 3.8) is 0 Å². The Morgan fingerprint density at radius 3 is 2.73 bits per heavy atom. The molecule has 0 heterocycles. The second-order valence-electron chi connectivity index (χ2n) is 4.45. The summed E-state index contributed by atoms with van der Waals surface area (Å²) >= 11 is 3.45. The summed E-state index contributed by atoms with van der Waals surface area (Å²) in [5.41, 5.74) is 7.02. The smallest absolute Gasteiger partial charge is 0.0720 e. The number of hydrogen-bond acceptors (Lipinski definition) is 3. The molecule has 2 rings (SSSR count). The predicted octanol–water partition coefficient (Wildman–Crippen LogP) is 2.36. The fraction of sp³-hybridized carbons (Fsp3) is 0.455. The SMILES string of the molecule is CC1(O)CC(Nc2c(N)cccc2Br)C1. The van der Waals surface area contributed by atoms with Crippen molar-refractivity contribution in [3.8, 4) is 0 Å². The van der Waals surface area contributed by atoms with Gasteiger partial charge >= 0.3 is 0 Å². The Balaban J connectivity index is 2.06. The van der Waals surface area contributed by atoms with Gasteiger partial charge in [-0.3, -0.25) is 0 Å². The van der Waals surface area contributed by atoms with Gasteiger partial charge in [0.25, 0.3) is 0 Å². The van der Waals surface area contributed by atoms with Crippen LogP contribution in [-0.4, -0.2) is 16.7 Å². The number of nitrogens with one attached hydrogen (secondary N) is 1. The third kappa shape index (κ3) is 2.26. The van der Waals surface area contributed by atoms with Crippen molar-refractivity contribution in [3.05, 3.63) is 22.7 Å². The molecule has 0 saturated heterocycles. The number of benzene rings is 1. The van der Waals surface area contributed by atoms with Gasteiger partial charge in [-0.25, -0.2) is 0 Å². The molecule has 1 aromatic carbocycles. The van der Waals surface area contributed by atoms with Gasteiger partial charge in [-0.1, -0.05) is 6.07 Å². The van der Waals surface area contributed by atoms with Gasteiger partial charge in [-0.15, -0.1) is 0 Å². The van der Waals surface area contributed by atoms with Crippen molar-refractivity contribution in [2.24, 2.45) is 0 Å². The summed E-state index contributed by atoms with van der Waals surface area (Å²) in [5.74, 6) is 0. The van der Waals surface area contributed by atoms with Crippen LogP contribution >= 0.6 is 15.9 Å². The lowest BCUT2D eigenvalue weighted by atomic mass is 9.77. The summed E-state index contributed by atoms with van der Waals surface area (Å²) < 4.78 is 0.967. The largest absolute Gasteiger partial charge is 0.397 e. The molecule has 1 aliphatic rings. The van der Waals surface area contributed by atoms with Crippen LogP contribution in [0.3, 0.4) is 0 Å². The number of halogens is 1. The standard InChI is InChI=1S/C11H15BrN2O/c1-11(15)5-7(6-11)14-10-8(12)3-2-4-9(10)13/h2-4,7,14-15H,5-6,13H2,1H3. The summed E-state index contributed by atoms with van der Waals surface area (Å²) in [6, 6.07) is 6.04. The Hall–Kier alpha value is -0.740. The second kappa shape index (κ2) is 3.68. The zero-order valence-electron chi connectivity index (χ0n) is 8.63. The van der Waals surface area contributed by atoms with Gasteiger partial charge in [-0.05, 0) is 47.8 Å². The lowest BCUT2D eigenvalue weighted by molar-refractivity contribution is -0.0234. The van der Waals surface area contributed by atoms with Gasteiger partial charge in [0, 0.05) is 10.5 Å². The third-order valence-corrected chi connectivity index (χ3v) is 3.43. The third-order valence-electron chi connectivity index (χ3n) is 2.77. The van der Waals surface area contributed by atoms with Crippen molar-refractivity contribution >= 4 is 27.3 Å². The first-order valence-corrected chi connectivity index (χ1v) is 5.80. The van der Waals surface area contributed by atoms with Crippen LogP contribution in [0.1, 0.15) is 19.8 Å². The first kappa shape index (κ1) is 10.8. The maximum absolute atomic E-state index is 9.62. The predicted molar refractivity (Wildman–Crippen MR) is 65.8 cm³/mol. The van der Waals surface area contributed by atoms with E-state index in [4.69, 9.17) is 5.73 Å². The topological polar surface area (TPSA) is 58.3 Å². The molecule has 4 N–H and O–H groups in total. The highest BCUT2D eigenvalue weighted by Crippen LogP contribution is 2.37. The number of rotatable bonds is 2. The van der Waals surface area contributed by atoms with E-state index in [1.165, 1.54) is 0 Å². The monoisotopic (exact) mass is 270 g/mol. The number of para-hydroxylation sites is 1. The van der Waals surface area contributed by atoms with Crippen molar-refractivity contribution in [2.75, 3.05) is 11.1 Å². The zero-order valence-corrected chi connectivity index (χ0v) is 10.2. The van der Waals surface area contributed by atoms with Crippen LogP contribution in [0.25, 0.3) is 0 Å². The first-order chi connectivity index (χ1) is 6.98. The van der Waals surface area contributed by atoms with E-state index in [9.17, 15) is 5.11 Å². The fourth-order valence-corrected chi connectivity index (χ4v) is 2.50. The lowest BCUT2D eigenvalue weighted by Gasteiger charge is -2.42. The molecule has 15 heavy (non-hydrogen) atoms. The van der Waals surface area contributed by atoms with E-state index < -0.39 is 5.60 Å². The highest BCUT2D eigenvalue weighted by Gasteiger charge is 2.38. The molecule has 1 fully saturated rings. The Labute approximate surface area is 97.8 Å². The van der Waals surface area contributed by atoms with E-state index in [1.807, 2.05) is 25.1 Å². The van der Waals surface area contributed by atoms with Crippen molar-refractivity contribution in [1.82, 2.24) is 0 Å². The minimum Gasteiger partial charge on any atom is -0.397 e. The fourth-order valence-electron chi connectivity index (χ4n) is 2.00. The normalized spacial score (nSPS) is 29.7. The summed E-state index contributed by atoms with van der Waals surface area (Å²) in [6.07, 6.45) is 1.54.